The molecule has 1 amide bonds. The maximum absolute atomic E-state index is 12.3. The van der Waals surface area contributed by atoms with Gasteiger partial charge in [0.05, 0.1) is 0 Å². The Labute approximate surface area is 142 Å². The first-order valence-corrected chi connectivity index (χ1v) is 8.75. The number of ether oxygens (including phenoxy) is 1. The topological polar surface area (TPSA) is 87.6 Å². The Bertz CT molecular complexity index is 575. The molecular weight excluding hydrogens is 308 g/mol. The van der Waals surface area contributed by atoms with E-state index in [1.165, 1.54) is 0 Å². The number of aliphatic hydroxyl groups excluding tert-OH is 1. The number of amides is 1. The third-order valence-electron chi connectivity index (χ3n) is 4.80. The van der Waals surface area contributed by atoms with Gasteiger partial charge in [0, 0.05) is 50.0 Å². The van der Waals surface area contributed by atoms with E-state index in [2.05, 4.69) is 20.2 Å². The number of aliphatic hydroxyl groups is 1. The zero-order chi connectivity index (χ0) is 16.9. The van der Waals surface area contributed by atoms with Crippen LogP contribution in [0.1, 0.15) is 37.2 Å². The van der Waals surface area contributed by atoms with Gasteiger partial charge in [-0.15, -0.1) is 0 Å². The Balaban J connectivity index is 1.61. The van der Waals surface area contributed by atoms with E-state index in [0.717, 1.165) is 43.7 Å². The second-order valence-electron chi connectivity index (χ2n) is 6.56. The lowest BCUT2D eigenvalue weighted by atomic mass is 9.99. The monoisotopic (exact) mass is 334 g/mol. The Hall–Kier alpha value is -1.73. The largest absolute Gasteiger partial charge is 0.388 e. The van der Waals surface area contributed by atoms with E-state index < -0.39 is 0 Å². The molecule has 2 aliphatic heterocycles. The Kier molecular flexibility index (Phi) is 5.63. The second-order valence-corrected chi connectivity index (χ2v) is 6.56. The van der Waals surface area contributed by atoms with Crippen molar-refractivity contribution >= 4 is 11.7 Å². The van der Waals surface area contributed by atoms with Crippen molar-refractivity contribution < 1.29 is 14.6 Å². The number of hydrogen-bond donors (Lipinski definition) is 2. The van der Waals surface area contributed by atoms with Crippen LogP contribution in [0.3, 0.4) is 0 Å². The molecule has 0 bridgehead atoms. The summed E-state index contributed by atoms with van der Waals surface area (Å²) in [5.74, 6) is 1.51. The molecule has 1 atom stereocenters. The zero-order valence-electron chi connectivity index (χ0n) is 14.2. The van der Waals surface area contributed by atoms with Crippen molar-refractivity contribution in [3.05, 3.63) is 17.6 Å². The van der Waals surface area contributed by atoms with Gasteiger partial charge in [0.25, 0.3) is 0 Å². The van der Waals surface area contributed by atoms with E-state index in [-0.39, 0.29) is 24.5 Å². The van der Waals surface area contributed by atoms with E-state index in [1.54, 1.807) is 0 Å². The molecule has 0 radical (unpaired) electrons. The molecule has 24 heavy (non-hydrogen) atoms. The number of hydrogen-bond acceptors (Lipinski definition) is 6. The molecule has 1 aromatic rings. The van der Waals surface area contributed by atoms with E-state index in [4.69, 9.17) is 4.74 Å². The Morgan fingerprint density at radius 3 is 2.92 bits per heavy atom. The summed E-state index contributed by atoms with van der Waals surface area (Å²) in [6, 6.07) is 2.19. The van der Waals surface area contributed by atoms with Gasteiger partial charge in [-0.2, -0.15) is 0 Å². The minimum Gasteiger partial charge on any atom is -0.388 e. The quantitative estimate of drug-likeness (QED) is 0.828. The predicted molar refractivity (Wildman–Crippen MR) is 89.6 cm³/mol. The molecule has 0 aromatic carbocycles. The molecule has 0 aliphatic carbocycles. The van der Waals surface area contributed by atoms with Gasteiger partial charge < -0.3 is 20.1 Å². The van der Waals surface area contributed by atoms with Gasteiger partial charge in [0.2, 0.25) is 5.91 Å². The molecule has 2 saturated heterocycles. The minimum atomic E-state index is -0.159. The first-order valence-electron chi connectivity index (χ1n) is 8.75. The summed E-state index contributed by atoms with van der Waals surface area (Å²) < 4.78 is 5.31. The normalized spacial score (nSPS) is 21.9. The summed E-state index contributed by atoms with van der Waals surface area (Å²) >= 11 is 0. The number of nitrogens with zero attached hydrogens (tertiary/aromatic N) is 3. The molecule has 0 saturated carbocycles. The predicted octanol–water partition coefficient (Wildman–Crippen LogP) is 0.789. The van der Waals surface area contributed by atoms with Crippen LogP contribution in [0.25, 0.3) is 0 Å². The van der Waals surface area contributed by atoms with Crippen molar-refractivity contribution in [3.8, 4) is 0 Å². The summed E-state index contributed by atoms with van der Waals surface area (Å²) in [5, 5.41) is 12.4. The van der Waals surface area contributed by atoms with Crippen LogP contribution in [0.15, 0.2) is 6.07 Å². The van der Waals surface area contributed by atoms with Crippen LogP contribution in [0.5, 0.6) is 0 Å². The third-order valence-corrected chi connectivity index (χ3v) is 4.80. The summed E-state index contributed by atoms with van der Waals surface area (Å²) in [6.45, 7) is 4.65. The van der Waals surface area contributed by atoms with Gasteiger partial charge in [-0.05, 0) is 32.6 Å². The van der Waals surface area contributed by atoms with Crippen LogP contribution in [0.2, 0.25) is 0 Å². The average Bonchev–Trinajstić information content (AvgIpc) is 3.08. The van der Waals surface area contributed by atoms with Gasteiger partial charge in [0.1, 0.15) is 12.4 Å². The number of carbonyl (C=O) groups excluding carboxylic acids is 1. The minimum absolute atomic E-state index is 0.0795. The summed E-state index contributed by atoms with van der Waals surface area (Å²) in [6.07, 6.45) is 3.73. The van der Waals surface area contributed by atoms with E-state index >= 15 is 0 Å². The highest BCUT2D eigenvalue weighted by molar-refractivity contribution is 5.78. The van der Waals surface area contributed by atoms with Crippen molar-refractivity contribution in [1.82, 2.24) is 15.3 Å². The number of aryl methyl sites for hydroxylation is 1. The molecule has 3 heterocycles. The molecule has 1 unspecified atom stereocenters. The van der Waals surface area contributed by atoms with Gasteiger partial charge in [-0.25, -0.2) is 9.97 Å². The molecule has 1 aromatic heterocycles. The number of anilines is 1. The molecule has 3 rings (SSSR count). The van der Waals surface area contributed by atoms with Crippen molar-refractivity contribution in [2.75, 3.05) is 31.2 Å². The first-order chi connectivity index (χ1) is 11.7. The van der Waals surface area contributed by atoms with Gasteiger partial charge in [-0.1, -0.05) is 0 Å². The molecule has 7 heteroatoms. The average molecular weight is 334 g/mol. The third kappa shape index (κ3) is 4.02. The maximum Gasteiger partial charge on any atom is 0.223 e. The molecular formula is C17H26N4O3. The van der Waals surface area contributed by atoms with Crippen LogP contribution >= 0.6 is 0 Å². The number of rotatable bonds is 5. The molecule has 0 spiro atoms. The number of nitrogens with one attached hydrogen (secondary N) is 1. The fraction of sp³-hybridized carbons (Fsp3) is 0.706. The van der Waals surface area contributed by atoms with Crippen molar-refractivity contribution in [2.24, 2.45) is 5.92 Å². The molecule has 7 nitrogen and oxygen atoms in total. The SMILES string of the molecule is Cc1cc(N2CCCC2CNC(=O)C2CCOCC2)nc(CO)n1. The lowest BCUT2D eigenvalue weighted by molar-refractivity contribution is -0.127. The second kappa shape index (κ2) is 7.90. The van der Waals surface area contributed by atoms with E-state index in [1.807, 2.05) is 13.0 Å². The summed E-state index contributed by atoms with van der Waals surface area (Å²) in [5.41, 5.74) is 0.848. The summed E-state index contributed by atoms with van der Waals surface area (Å²) in [4.78, 5) is 23.2. The smallest absolute Gasteiger partial charge is 0.223 e. The van der Waals surface area contributed by atoms with Gasteiger partial charge >= 0.3 is 0 Å². The fourth-order valence-corrected chi connectivity index (χ4v) is 3.50. The van der Waals surface area contributed by atoms with Crippen LogP contribution < -0.4 is 10.2 Å². The van der Waals surface area contributed by atoms with Crippen molar-refractivity contribution in [2.45, 2.75) is 45.3 Å². The van der Waals surface area contributed by atoms with Crippen molar-refractivity contribution in [1.29, 1.82) is 0 Å². The van der Waals surface area contributed by atoms with Gasteiger partial charge in [0.15, 0.2) is 5.82 Å². The van der Waals surface area contributed by atoms with Crippen LogP contribution in [-0.2, 0) is 16.1 Å². The molecule has 132 valence electrons. The fourth-order valence-electron chi connectivity index (χ4n) is 3.50. The number of aromatic nitrogens is 2. The van der Waals surface area contributed by atoms with Crippen LogP contribution in [0, 0.1) is 12.8 Å². The van der Waals surface area contributed by atoms with Gasteiger partial charge in [-0.3, -0.25) is 4.79 Å². The lowest BCUT2D eigenvalue weighted by Crippen LogP contribution is -2.43. The Morgan fingerprint density at radius 2 is 2.17 bits per heavy atom. The Morgan fingerprint density at radius 1 is 1.38 bits per heavy atom. The van der Waals surface area contributed by atoms with E-state index in [9.17, 15) is 9.90 Å². The summed E-state index contributed by atoms with van der Waals surface area (Å²) in [7, 11) is 0. The molecule has 2 fully saturated rings. The standard InChI is InChI=1S/C17H26N4O3/c1-12-9-16(20-15(11-22)19-12)21-6-2-3-14(21)10-18-17(23)13-4-7-24-8-5-13/h9,13-14,22H,2-8,10-11H2,1H3,(H,18,23). The maximum atomic E-state index is 12.3. The van der Waals surface area contributed by atoms with E-state index in [0.29, 0.717) is 25.6 Å². The zero-order valence-corrected chi connectivity index (χ0v) is 14.2. The molecule has 2 aliphatic rings. The van der Waals surface area contributed by atoms with Crippen LogP contribution in [0.4, 0.5) is 5.82 Å². The number of carbonyl (C=O) groups is 1. The highest BCUT2D eigenvalue weighted by atomic mass is 16.5. The van der Waals surface area contributed by atoms with Crippen LogP contribution in [-0.4, -0.2) is 53.3 Å². The highest BCUT2D eigenvalue weighted by Crippen LogP contribution is 2.24. The lowest BCUT2D eigenvalue weighted by Gasteiger charge is -2.28. The highest BCUT2D eigenvalue weighted by Gasteiger charge is 2.28. The molecule has 2 N–H and O–H groups in total. The first kappa shape index (κ1) is 17.1. The van der Waals surface area contributed by atoms with Crippen molar-refractivity contribution in [3.63, 3.8) is 0 Å².